The Labute approximate surface area is 176 Å². The number of carbonyl (C=O) groups excluding carboxylic acids is 1. The van der Waals surface area contributed by atoms with Crippen molar-refractivity contribution in [2.24, 2.45) is 5.92 Å². The first-order chi connectivity index (χ1) is 14.7. The van der Waals surface area contributed by atoms with Crippen LogP contribution in [0.1, 0.15) is 37.8 Å². The van der Waals surface area contributed by atoms with E-state index < -0.39 is 0 Å². The fourth-order valence-electron chi connectivity index (χ4n) is 3.99. The molecule has 4 rings (SSSR count). The van der Waals surface area contributed by atoms with Gasteiger partial charge in [-0.1, -0.05) is 19.1 Å². The topological polar surface area (TPSA) is 80.2 Å². The molecule has 0 aliphatic carbocycles. The van der Waals surface area contributed by atoms with E-state index in [9.17, 15) is 4.79 Å². The van der Waals surface area contributed by atoms with Crippen molar-refractivity contribution in [2.45, 2.75) is 32.2 Å². The van der Waals surface area contributed by atoms with Gasteiger partial charge in [0.25, 0.3) is 0 Å². The van der Waals surface area contributed by atoms with Crippen molar-refractivity contribution in [1.29, 1.82) is 0 Å². The van der Waals surface area contributed by atoms with Gasteiger partial charge in [0, 0.05) is 25.5 Å². The molecule has 1 aliphatic rings. The van der Waals surface area contributed by atoms with E-state index in [2.05, 4.69) is 32.1 Å². The predicted molar refractivity (Wildman–Crippen MR) is 116 cm³/mol. The Morgan fingerprint density at radius 1 is 1.23 bits per heavy atom. The number of hydrogen-bond acceptors (Lipinski definition) is 6. The van der Waals surface area contributed by atoms with Gasteiger partial charge in [-0.05, 0) is 43.0 Å². The van der Waals surface area contributed by atoms with E-state index in [0.717, 1.165) is 48.3 Å². The van der Waals surface area contributed by atoms with Crippen molar-refractivity contribution in [3.63, 3.8) is 0 Å². The molecule has 7 heteroatoms. The highest BCUT2D eigenvalue weighted by atomic mass is 16.5. The summed E-state index contributed by atoms with van der Waals surface area (Å²) in [5.74, 6) is 0.871. The smallest absolute Gasteiger partial charge is 0.225 e. The molecule has 30 heavy (non-hydrogen) atoms. The number of amides is 1. The summed E-state index contributed by atoms with van der Waals surface area (Å²) in [5.41, 5.74) is 3.49. The minimum Gasteiger partial charge on any atom is -0.497 e. The summed E-state index contributed by atoms with van der Waals surface area (Å²) in [5, 5.41) is 3.25. The third-order valence-corrected chi connectivity index (χ3v) is 5.71. The zero-order valence-electron chi connectivity index (χ0n) is 17.4. The minimum absolute atomic E-state index is 0.00334. The molecule has 3 heterocycles. The first-order valence-corrected chi connectivity index (χ1v) is 10.4. The SMILES string of the molecule is CC[C@H](NC(=O)[C@H]1CCCN(c2cnc3nccnc3c2)C1)c1ccc(OC)cc1. The Hall–Kier alpha value is -3.22. The van der Waals surface area contributed by atoms with E-state index in [1.54, 1.807) is 19.5 Å². The number of rotatable bonds is 6. The van der Waals surface area contributed by atoms with Crippen LogP contribution in [0.4, 0.5) is 5.69 Å². The number of fused-ring (bicyclic) bond motifs is 1. The van der Waals surface area contributed by atoms with Crippen LogP contribution in [0, 0.1) is 5.92 Å². The molecule has 1 saturated heterocycles. The number of hydrogen-bond donors (Lipinski definition) is 1. The van der Waals surface area contributed by atoms with Gasteiger partial charge in [0.2, 0.25) is 5.91 Å². The molecular formula is C23H27N5O2. The molecule has 0 unspecified atom stereocenters. The van der Waals surface area contributed by atoms with Gasteiger partial charge in [-0.25, -0.2) is 9.97 Å². The van der Waals surface area contributed by atoms with E-state index >= 15 is 0 Å². The monoisotopic (exact) mass is 405 g/mol. The van der Waals surface area contributed by atoms with E-state index in [-0.39, 0.29) is 17.9 Å². The molecule has 0 radical (unpaired) electrons. The van der Waals surface area contributed by atoms with Crippen molar-refractivity contribution < 1.29 is 9.53 Å². The van der Waals surface area contributed by atoms with Gasteiger partial charge in [0.1, 0.15) is 11.3 Å². The highest BCUT2D eigenvalue weighted by Crippen LogP contribution is 2.26. The van der Waals surface area contributed by atoms with Gasteiger partial charge in [-0.2, -0.15) is 0 Å². The Balaban J connectivity index is 1.44. The molecule has 3 aromatic rings. The summed E-state index contributed by atoms with van der Waals surface area (Å²) in [6, 6.07) is 9.90. The molecule has 156 valence electrons. The zero-order chi connectivity index (χ0) is 20.9. The first-order valence-electron chi connectivity index (χ1n) is 10.4. The number of carbonyl (C=O) groups is 1. The molecule has 1 aromatic carbocycles. The number of benzene rings is 1. The van der Waals surface area contributed by atoms with Crippen LogP contribution >= 0.6 is 0 Å². The van der Waals surface area contributed by atoms with Crippen LogP contribution in [-0.2, 0) is 4.79 Å². The van der Waals surface area contributed by atoms with Crippen LogP contribution in [-0.4, -0.2) is 41.1 Å². The molecule has 1 aliphatic heterocycles. The minimum atomic E-state index is -0.0522. The van der Waals surface area contributed by atoms with Gasteiger partial charge in [-0.3, -0.25) is 9.78 Å². The quantitative estimate of drug-likeness (QED) is 0.676. The maximum absolute atomic E-state index is 13.1. The third kappa shape index (κ3) is 4.35. The molecule has 0 saturated carbocycles. The molecule has 1 fully saturated rings. The van der Waals surface area contributed by atoms with Crippen LogP contribution in [0.25, 0.3) is 11.2 Å². The lowest BCUT2D eigenvalue weighted by Crippen LogP contribution is -2.44. The number of nitrogens with one attached hydrogen (secondary N) is 1. The summed E-state index contributed by atoms with van der Waals surface area (Å²) in [7, 11) is 1.65. The second kappa shape index (κ2) is 9.07. The maximum Gasteiger partial charge on any atom is 0.225 e. The van der Waals surface area contributed by atoms with Gasteiger partial charge in [-0.15, -0.1) is 0 Å². The number of piperidine rings is 1. The second-order valence-electron chi connectivity index (χ2n) is 7.62. The number of aromatic nitrogens is 3. The largest absolute Gasteiger partial charge is 0.497 e. The molecule has 0 bridgehead atoms. The maximum atomic E-state index is 13.1. The predicted octanol–water partition coefficient (Wildman–Crippen LogP) is 3.52. The Morgan fingerprint density at radius 3 is 2.80 bits per heavy atom. The summed E-state index contributed by atoms with van der Waals surface area (Å²) >= 11 is 0. The van der Waals surface area contributed by atoms with Crippen LogP contribution < -0.4 is 15.0 Å². The van der Waals surface area contributed by atoms with E-state index in [4.69, 9.17) is 4.74 Å². The third-order valence-electron chi connectivity index (χ3n) is 5.71. The standard InChI is InChI=1S/C23H27N5O2/c1-3-20(16-6-8-19(30-2)9-7-16)27-23(29)17-5-4-12-28(15-17)18-13-21-22(26-14-18)25-11-10-24-21/h6-11,13-14,17,20H,3-5,12,15H2,1-2H3,(H,27,29)/t17-,20-/m0/s1. The van der Waals surface area contributed by atoms with Crippen molar-refractivity contribution in [3.05, 3.63) is 54.5 Å². The lowest BCUT2D eigenvalue weighted by atomic mass is 9.95. The molecule has 2 aromatic heterocycles. The summed E-state index contributed by atoms with van der Waals surface area (Å²) in [6.07, 6.45) is 7.83. The summed E-state index contributed by atoms with van der Waals surface area (Å²) < 4.78 is 5.23. The fourth-order valence-corrected chi connectivity index (χ4v) is 3.99. The van der Waals surface area contributed by atoms with Crippen LogP contribution in [0.2, 0.25) is 0 Å². The fraction of sp³-hybridized carbons (Fsp3) is 0.391. The summed E-state index contributed by atoms with van der Waals surface area (Å²) in [6.45, 7) is 3.68. The summed E-state index contributed by atoms with van der Waals surface area (Å²) in [4.78, 5) is 28.3. The van der Waals surface area contributed by atoms with Crippen molar-refractivity contribution in [2.75, 3.05) is 25.1 Å². The highest BCUT2D eigenvalue weighted by Gasteiger charge is 2.28. The number of nitrogens with zero attached hydrogens (tertiary/aromatic N) is 4. The van der Waals surface area contributed by atoms with Crippen LogP contribution in [0.3, 0.4) is 0 Å². The van der Waals surface area contributed by atoms with Gasteiger partial charge < -0.3 is 15.0 Å². The molecule has 0 spiro atoms. The van der Waals surface area contributed by atoms with Crippen LogP contribution in [0.15, 0.2) is 48.9 Å². The van der Waals surface area contributed by atoms with Crippen molar-refractivity contribution in [1.82, 2.24) is 20.3 Å². The van der Waals surface area contributed by atoms with Crippen LogP contribution in [0.5, 0.6) is 5.75 Å². The lowest BCUT2D eigenvalue weighted by molar-refractivity contribution is -0.126. The van der Waals surface area contributed by atoms with E-state index in [1.807, 2.05) is 36.5 Å². The first kappa shape index (κ1) is 20.1. The number of methoxy groups -OCH3 is 1. The molecule has 7 nitrogen and oxygen atoms in total. The normalized spacial score (nSPS) is 17.5. The van der Waals surface area contributed by atoms with Crippen molar-refractivity contribution >= 4 is 22.8 Å². The molecule has 2 atom stereocenters. The lowest BCUT2D eigenvalue weighted by Gasteiger charge is -2.34. The number of ether oxygens (including phenoxy) is 1. The second-order valence-corrected chi connectivity index (χ2v) is 7.62. The average molecular weight is 406 g/mol. The Bertz CT molecular complexity index is 1010. The highest BCUT2D eigenvalue weighted by molar-refractivity contribution is 5.80. The van der Waals surface area contributed by atoms with Gasteiger partial charge in [0.15, 0.2) is 5.65 Å². The Morgan fingerprint density at radius 2 is 2.03 bits per heavy atom. The number of pyridine rings is 1. The Kier molecular flexibility index (Phi) is 6.07. The molecule has 1 N–H and O–H groups in total. The van der Waals surface area contributed by atoms with E-state index in [1.165, 1.54) is 0 Å². The average Bonchev–Trinajstić information content (AvgIpc) is 2.82. The number of anilines is 1. The van der Waals surface area contributed by atoms with Gasteiger partial charge in [0.05, 0.1) is 31.0 Å². The van der Waals surface area contributed by atoms with Gasteiger partial charge >= 0.3 is 0 Å². The van der Waals surface area contributed by atoms with Crippen molar-refractivity contribution in [3.8, 4) is 5.75 Å². The zero-order valence-corrected chi connectivity index (χ0v) is 17.4. The molecule has 1 amide bonds. The van der Waals surface area contributed by atoms with E-state index in [0.29, 0.717) is 12.2 Å². The molecular weight excluding hydrogens is 378 g/mol.